The molecule has 3 rings (SSSR count). The molecule has 1 amide bonds. The van der Waals surface area contributed by atoms with Crippen LogP contribution in [0.5, 0.6) is 0 Å². The minimum atomic E-state index is -0.478. The zero-order valence-corrected chi connectivity index (χ0v) is 15.0. The normalized spacial score (nSPS) is 11.4. The maximum absolute atomic E-state index is 12.2. The monoisotopic (exact) mass is 389 g/mol. The predicted octanol–water partition coefficient (Wildman–Crippen LogP) is 3.85. The van der Waals surface area contributed by atoms with Gasteiger partial charge in [-0.2, -0.15) is 10.2 Å². The lowest BCUT2D eigenvalue weighted by Crippen LogP contribution is -2.19. The molecular weight excluding hydrogens is 378 g/mol. The Morgan fingerprint density at radius 3 is 2.65 bits per heavy atom. The van der Waals surface area contributed by atoms with Crippen molar-refractivity contribution in [3.05, 3.63) is 68.2 Å². The fourth-order valence-electron chi connectivity index (χ4n) is 2.10. The third kappa shape index (κ3) is 3.95. The topological polar surface area (TPSA) is 113 Å². The van der Waals surface area contributed by atoms with E-state index in [-0.39, 0.29) is 11.4 Å². The van der Waals surface area contributed by atoms with Crippen LogP contribution in [0.15, 0.2) is 47.6 Å². The van der Waals surface area contributed by atoms with E-state index in [9.17, 15) is 14.9 Å². The smallest absolute Gasteiger partial charge is 0.276 e. The Bertz CT molecular complexity index is 993. The molecule has 0 bridgehead atoms. The summed E-state index contributed by atoms with van der Waals surface area (Å²) in [6, 6.07) is 11.1. The minimum absolute atomic E-state index is 0.0108. The highest BCUT2D eigenvalue weighted by Gasteiger charge is 2.12. The summed E-state index contributed by atoms with van der Waals surface area (Å²) >= 11 is 7.27. The van der Waals surface area contributed by atoms with Crippen LogP contribution in [0.25, 0.3) is 10.6 Å². The summed E-state index contributed by atoms with van der Waals surface area (Å²) in [5.74, 6) is -0.476. The third-order valence-electron chi connectivity index (χ3n) is 3.47. The number of H-pyrrole nitrogens is 1. The van der Waals surface area contributed by atoms with Crippen LogP contribution in [0.4, 0.5) is 5.69 Å². The Labute approximate surface area is 156 Å². The average Bonchev–Trinajstić information content (AvgIpc) is 3.28. The van der Waals surface area contributed by atoms with Crippen molar-refractivity contribution < 1.29 is 9.72 Å². The molecule has 2 heterocycles. The molecule has 26 heavy (non-hydrogen) atoms. The Morgan fingerprint density at radius 2 is 2.04 bits per heavy atom. The number of halogens is 1. The number of amides is 1. The quantitative estimate of drug-likeness (QED) is 0.392. The second-order valence-corrected chi connectivity index (χ2v) is 6.93. The number of thiophene rings is 1. The highest BCUT2D eigenvalue weighted by molar-refractivity contribution is 7.19. The van der Waals surface area contributed by atoms with Crippen molar-refractivity contribution in [1.82, 2.24) is 15.6 Å². The molecule has 132 valence electrons. The van der Waals surface area contributed by atoms with E-state index in [4.69, 9.17) is 11.6 Å². The number of nitro benzene ring substituents is 1. The molecule has 3 aromatic rings. The number of nitrogens with one attached hydrogen (secondary N) is 2. The van der Waals surface area contributed by atoms with Crippen molar-refractivity contribution in [2.45, 2.75) is 6.92 Å². The first kappa shape index (κ1) is 17.8. The Balaban J connectivity index is 1.68. The number of non-ortho nitro benzene ring substituents is 1. The van der Waals surface area contributed by atoms with Gasteiger partial charge in [0.15, 0.2) is 5.69 Å². The molecule has 0 spiro atoms. The van der Waals surface area contributed by atoms with Crippen molar-refractivity contribution in [2.24, 2.45) is 5.10 Å². The van der Waals surface area contributed by atoms with Gasteiger partial charge in [-0.3, -0.25) is 20.0 Å². The molecule has 0 saturated heterocycles. The number of hydrazone groups is 1. The molecule has 10 heteroatoms. The number of aromatic nitrogens is 2. The first-order chi connectivity index (χ1) is 12.4. The highest BCUT2D eigenvalue weighted by Crippen LogP contribution is 2.29. The van der Waals surface area contributed by atoms with E-state index in [0.717, 1.165) is 4.88 Å². The van der Waals surface area contributed by atoms with Crippen LogP contribution in [-0.2, 0) is 0 Å². The highest BCUT2D eigenvalue weighted by atomic mass is 35.5. The van der Waals surface area contributed by atoms with E-state index in [1.807, 2.05) is 6.07 Å². The van der Waals surface area contributed by atoms with Gasteiger partial charge in [0.25, 0.3) is 11.6 Å². The van der Waals surface area contributed by atoms with Gasteiger partial charge in [-0.1, -0.05) is 11.6 Å². The molecule has 8 nitrogen and oxygen atoms in total. The molecule has 1 aromatic carbocycles. The Kier molecular flexibility index (Phi) is 5.10. The first-order valence-corrected chi connectivity index (χ1v) is 8.54. The van der Waals surface area contributed by atoms with Crippen molar-refractivity contribution in [2.75, 3.05) is 0 Å². The first-order valence-electron chi connectivity index (χ1n) is 7.34. The van der Waals surface area contributed by atoms with Crippen LogP contribution in [0, 0.1) is 10.1 Å². The van der Waals surface area contributed by atoms with E-state index >= 15 is 0 Å². The van der Waals surface area contributed by atoms with Crippen molar-refractivity contribution in [3.8, 4) is 10.6 Å². The molecule has 0 atom stereocenters. The molecule has 0 aliphatic rings. The average molecular weight is 390 g/mol. The van der Waals surface area contributed by atoms with Gasteiger partial charge in [-0.15, -0.1) is 11.3 Å². The van der Waals surface area contributed by atoms with E-state index in [2.05, 4.69) is 20.7 Å². The molecule has 0 aliphatic heterocycles. The summed E-state index contributed by atoms with van der Waals surface area (Å²) in [6.07, 6.45) is 0. The number of benzene rings is 1. The number of carbonyl (C=O) groups excluding carboxylic acids is 1. The van der Waals surface area contributed by atoms with Gasteiger partial charge in [0.05, 0.1) is 25.5 Å². The van der Waals surface area contributed by atoms with E-state index in [0.29, 0.717) is 21.3 Å². The van der Waals surface area contributed by atoms with Gasteiger partial charge < -0.3 is 0 Å². The fourth-order valence-corrected chi connectivity index (χ4v) is 3.11. The standard InChI is InChI=1S/C16H12ClN5O3S/c1-9(10-2-4-11(5-3-10)22(24)25)18-21-16(23)13-8-12(19-20-13)14-6-7-15(17)26-14/h2-8H,1H3,(H,19,20)(H,21,23). The molecule has 0 aliphatic carbocycles. The second-order valence-electron chi connectivity index (χ2n) is 5.21. The van der Waals surface area contributed by atoms with Gasteiger partial charge in [0.1, 0.15) is 0 Å². The van der Waals surface area contributed by atoms with Gasteiger partial charge in [-0.25, -0.2) is 5.43 Å². The van der Waals surface area contributed by atoms with Crippen LogP contribution in [0.1, 0.15) is 23.0 Å². The number of hydrogen-bond donors (Lipinski definition) is 2. The maximum Gasteiger partial charge on any atom is 0.291 e. The van der Waals surface area contributed by atoms with Crippen molar-refractivity contribution in [1.29, 1.82) is 0 Å². The lowest BCUT2D eigenvalue weighted by atomic mass is 10.1. The predicted molar refractivity (Wildman–Crippen MR) is 99.7 cm³/mol. The molecule has 0 fully saturated rings. The summed E-state index contributed by atoms with van der Waals surface area (Å²) in [4.78, 5) is 23.2. The van der Waals surface area contributed by atoms with Crippen LogP contribution in [0.2, 0.25) is 4.34 Å². The van der Waals surface area contributed by atoms with Crippen LogP contribution in [-0.4, -0.2) is 26.7 Å². The zero-order chi connectivity index (χ0) is 18.7. The van der Waals surface area contributed by atoms with E-state index in [1.54, 1.807) is 31.2 Å². The number of nitrogens with zero attached hydrogens (tertiary/aromatic N) is 3. The largest absolute Gasteiger partial charge is 0.291 e. The fraction of sp³-hybridized carbons (Fsp3) is 0.0625. The van der Waals surface area contributed by atoms with Gasteiger partial charge in [0.2, 0.25) is 0 Å². The molecule has 2 N–H and O–H groups in total. The van der Waals surface area contributed by atoms with Crippen molar-refractivity contribution >= 4 is 40.2 Å². The second kappa shape index (κ2) is 7.46. The Morgan fingerprint density at radius 1 is 1.31 bits per heavy atom. The van der Waals surface area contributed by atoms with Crippen LogP contribution in [0.3, 0.4) is 0 Å². The number of carbonyl (C=O) groups is 1. The Hall–Kier alpha value is -3.04. The molecule has 0 saturated carbocycles. The summed E-state index contributed by atoms with van der Waals surface area (Å²) in [6.45, 7) is 1.69. The number of nitro groups is 1. The summed E-state index contributed by atoms with van der Waals surface area (Å²) in [5, 5.41) is 21.4. The third-order valence-corrected chi connectivity index (χ3v) is 4.73. The zero-order valence-electron chi connectivity index (χ0n) is 13.4. The molecular formula is C16H12ClN5O3S. The summed E-state index contributed by atoms with van der Waals surface area (Å²) in [7, 11) is 0. The van der Waals surface area contributed by atoms with E-state index in [1.165, 1.54) is 23.5 Å². The van der Waals surface area contributed by atoms with Crippen molar-refractivity contribution in [3.63, 3.8) is 0 Å². The lowest BCUT2D eigenvalue weighted by molar-refractivity contribution is -0.384. The maximum atomic E-state index is 12.2. The van der Waals surface area contributed by atoms with Gasteiger partial charge in [-0.05, 0) is 42.8 Å². The molecule has 2 aromatic heterocycles. The minimum Gasteiger partial charge on any atom is -0.276 e. The summed E-state index contributed by atoms with van der Waals surface area (Å²) < 4.78 is 0.643. The van der Waals surface area contributed by atoms with Gasteiger partial charge in [0, 0.05) is 12.1 Å². The van der Waals surface area contributed by atoms with Crippen LogP contribution < -0.4 is 5.43 Å². The number of hydrogen-bond acceptors (Lipinski definition) is 6. The SMILES string of the molecule is CC(=NNC(=O)c1cc(-c2ccc(Cl)s2)[nH]n1)c1ccc([N+](=O)[O-])cc1. The summed E-state index contributed by atoms with van der Waals surface area (Å²) in [5.41, 5.74) is 4.44. The lowest BCUT2D eigenvalue weighted by Gasteiger charge is -2.01. The number of aromatic amines is 1. The van der Waals surface area contributed by atoms with Crippen LogP contribution >= 0.6 is 22.9 Å². The van der Waals surface area contributed by atoms with Gasteiger partial charge >= 0.3 is 0 Å². The number of rotatable bonds is 5. The molecule has 0 radical (unpaired) electrons. The molecule has 0 unspecified atom stereocenters. The van der Waals surface area contributed by atoms with E-state index < -0.39 is 10.8 Å².